The zero-order valence-electron chi connectivity index (χ0n) is 19.6. The number of methoxy groups -OCH3 is 1. The summed E-state index contributed by atoms with van der Waals surface area (Å²) in [5.74, 6) is -0.524. The number of nitrogens with one attached hydrogen (secondary N) is 1. The van der Waals surface area contributed by atoms with E-state index in [1.165, 1.54) is 18.1 Å². The van der Waals surface area contributed by atoms with E-state index in [4.69, 9.17) is 9.47 Å². The van der Waals surface area contributed by atoms with E-state index in [1.807, 2.05) is 13.0 Å². The van der Waals surface area contributed by atoms with Gasteiger partial charge in [0.1, 0.15) is 5.57 Å². The van der Waals surface area contributed by atoms with E-state index < -0.39 is 23.8 Å². The fourth-order valence-electron chi connectivity index (χ4n) is 5.46. The maximum atomic E-state index is 13.2. The molecule has 2 bridgehead atoms. The highest BCUT2D eigenvalue weighted by atomic mass is 16.6. The summed E-state index contributed by atoms with van der Waals surface area (Å²) in [6, 6.07) is 11.0. The smallest absolute Gasteiger partial charge is 0.343 e. The van der Waals surface area contributed by atoms with E-state index >= 15 is 0 Å². The molecule has 35 heavy (non-hydrogen) atoms. The van der Waals surface area contributed by atoms with Gasteiger partial charge in [0.05, 0.1) is 12.7 Å². The minimum atomic E-state index is -0.728. The minimum absolute atomic E-state index is 0.112. The number of urea groups is 1. The van der Waals surface area contributed by atoms with Crippen molar-refractivity contribution >= 4 is 29.9 Å². The summed E-state index contributed by atoms with van der Waals surface area (Å²) >= 11 is 0. The molecule has 0 unspecified atom stereocenters. The molecule has 2 aromatic carbocycles. The van der Waals surface area contributed by atoms with E-state index in [9.17, 15) is 19.2 Å². The third-order valence-electron chi connectivity index (χ3n) is 7.12. The maximum absolute atomic E-state index is 13.2. The normalized spacial score (nSPS) is 24.6. The second kappa shape index (κ2) is 9.02. The van der Waals surface area contributed by atoms with Gasteiger partial charge >= 0.3 is 12.0 Å². The fourth-order valence-corrected chi connectivity index (χ4v) is 5.46. The Balaban J connectivity index is 1.39. The standard InChI is InChI=1S/C27H26N2O6/c1-15-4-3-5-19(10-15)26(32)35-22-9-7-17(14-23(22)34-2)12-20-24(30)28-27(33)29(25(20)31)21-13-16-6-8-18(21)11-16/h3-5,7,9-10,12,14,16,18,21H,6,8,11,13H2,1-2H3,(H,28,30,33)/b20-12+/t16-,18-,21-/m0/s1. The molecule has 2 aliphatic carbocycles. The van der Waals surface area contributed by atoms with E-state index in [2.05, 4.69) is 5.32 Å². The van der Waals surface area contributed by atoms with Crippen molar-refractivity contribution in [2.45, 2.75) is 38.6 Å². The van der Waals surface area contributed by atoms with Crippen LogP contribution >= 0.6 is 0 Å². The first kappa shape index (κ1) is 22.8. The predicted molar refractivity (Wildman–Crippen MR) is 127 cm³/mol. The number of hydrogen-bond donors (Lipinski definition) is 1. The molecule has 3 atom stereocenters. The van der Waals surface area contributed by atoms with Gasteiger partial charge in [0, 0.05) is 6.04 Å². The van der Waals surface area contributed by atoms with Gasteiger partial charge in [0.15, 0.2) is 11.5 Å². The van der Waals surface area contributed by atoms with Crippen LogP contribution in [0.25, 0.3) is 6.08 Å². The van der Waals surface area contributed by atoms with E-state index in [1.54, 1.807) is 36.4 Å². The number of barbiturate groups is 1. The highest BCUT2D eigenvalue weighted by molar-refractivity contribution is 6.31. The zero-order chi connectivity index (χ0) is 24.7. The second-order valence-corrected chi connectivity index (χ2v) is 9.40. The monoisotopic (exact) mass is 474 g/mol. The summed E-state index contributed by atoms with van der Waals surface area (Å²) in [6.07, 6.45) is 5.38. The van der Waals surface area contributed by atoms with Crippen LogP contribution in [0.2, 0.25) is 0 Å². The van der Waals surface area contributed by atoms with Crippen molar-refractivity contribution in [1.82, 2.24) is 10.2 Å². The number of esters is 1. The lowest BCUT2D eigenvalue weighted by Gasteiger charge is -2.35. The van der Waals surface area contributed by atoms with Crippen LogP contribution in [0.4, 0.5) is 4.79 Å². The van der Waals surface area contributed by atoms with Crippen LogP contribution in [0.3, 0.4) is 0 Å². The molecule has 1 saturated heterocycles. The van der Waals surface area contributed by atoms with Gasteiger partial charge in [-0.1, -0.05) is 30.2 Å². The Hall–Kier alpha value is -3.94. The number of rotatable bonds is 5. The highest BCUT2D eigenvalue weighted by Gasteiger charge is 2.49. The Labute approximate surface area is 202 Å². The molecule has 2 aromatic rings. The first-order valence-corrected chi connectivity index (χ1v) is 11.7. The summed E-state index contributed by atoms with van der Waals surface area (Å²) in [6.45, 7) is 1.88. The summed E-state index contributed by atoms with van der Waals surface area (Å²) in [7, 11) is 1.43. The lowest BCUT2D eigenvalue weighted by molar-refractivity contribution is -0.132. The lowest BCUT2D eigenvalue weighted by atomic mass is 9.93. The van der Waals surface area contributed by atoms with Crippen LogP contribution in [0.1, 0.15) is 47.2 Å². The van der Waals surface area contributed by atoms with Crippen LogP contribution in [0.5, 0.6) is 11.5 Å². The maximum Gasteiger partial charge on any atom is 0.343 e. The number of imide groups is 2. The van der Waals surface area contributed by atoms with Crippen LogP contribution in [0, 0.1) is 18.8 Å². The molecule has 3 aliphatic rings. The van der Waals surface area contributed by atoms with Crippen molar-refractivity contribution in [3.05, 3.63) is 64.7 Å². The highest BCUT2D eigenvalue weighted by Crippen LogP contribution is 2.47. The molecule has 0 spiro atoms. The molecular formula is C27H26N2O6. The molecule has 2 saturated carbocycles. The third kappa shape index (κ3) is 4.32. The number of ether oxygens (including phenoxy) is 2. The van der Waals surface area contributed by atoms with E-state index in [0.717, 1.165) is 31.2 Å². The van der Waals surface area contributed by atoms with Crippen LogP contribution < -0.4 is 14.8 Å². The number of carbonyl (C=O) groups excluding carboxylic acids is 4. The number of aryl methyl sites for hydroxylation is 1. The van der Waals surface area contributed by atoms with Gasteiger partial charge in [-0.2, -0.15) is 0 Å². The summed E-state index contributed by atoms with van der Waals surface area (Å²) < 4.78 is 10.9. The summed E-state index contributed by atoms with van der Waals surface area (Å²) in [4.78, 5) is 52.1. The lowest BCUT2D eigenvalue weighted by Crippen LogP contribution is -2.58. The predicted octanol–water partition coefficient (Wildman–Crippen LogP) is 3.87. The Bertz CT molecular complexity index is 1270. The SMILES string of the molecule is COc1cc(/C=C2\C(=O)NC(=O)N([C@H]3C[C@H]4CC[C@H]3C4)C2=O)ccc1OC(=O)c1cccc(C)c1. The number of amides is 4. The topological polar surface area (TPSA) is 102 Å². The molecular weight excluding hydrogens is 448 g/mol. The van der Waals surface area contributed by atoms with Gasteiger partial charge in [-0.15, -0.1) is 0 Å². The third-order valence-corrected chi connectivity index (χ3v) is 7.12. The van der Waals surface area contributed by atoms with Gasteiger partial charge < -0.3 is 9.47 Å². The molecule has 1 heterocycles. The van der Waals surface area contributed by atoms with Gasteiger partial charge in [0.25, 0.3) is 11.8 Å². The number of carbonyl (C=O) groups is 4. The van der Waals surface area contributed by atoms with Crippen LogP contribution in [-0.4, -0.2) is 41.9 Å². The van der Waals surface area contributed by atoms with E-state index in [-0.39, 0.29) is 23.1 Å². The van der Waals surface area contributed by atoms with Gasteiger partial charge in [0.2, 0.25) is 0 Å². The van der Waals surface area contributed by atoms with Gasteiger partial charge in [-0.3, -0.25) is 19.8 Å². The van der Waals surface area contributed by atoms with Crippen molar-refractivity contribution in [3.8, 4) is 11.5 Å². The molecule has 1 aliphatic heterocycles. The molecule has 0 radical (unpaired) electrons. The van der Waals surface area contributed by atoms with Gasteiger partial charge in [-0.25, -0.2) is 9.59 Å². The molecule has 8 heteroatoms. The van der Waals surface area contributed by atoms with Crippen LogP contribution in [0.15, 0.2) is 48.0 Å². The Morgan fingerprint density at radius 1 is 1.06 bits per heavy atom. The summed E-state index contributed by atoms with van der Waals surface area (Å²) in [5.41, 5.74) is 1.73. The minimum Gasteiger partial charge on any atom is -0.493 e. The van der Waals surface area contributed by atoms with Crippen molar-refractivity contribution < 1.29 is 28.7 Å². The molecule has 4 amide bonds. The van der Waals surface area contributed by atoms with Crippen molar-refractivity contribution in [1.29, 1.82) is 0 Å². The van der Waals surface area contributed by atoms with E-state index in [0.29, 0.717) is 23.0 Å². The van der Waals surface area contributed by atoms with Crippen LogP contribution in [-0.2, 0) is 9.59 Å². The average Bonchev–Trinajstić information content (AvgIpc) is 3.46. The van der Waals surface area contributed by atoms with Crippen molar-refractivity contribution in [2.24, 2.45) is 11.8 Å². The first-order chi connectivity index (χ1) is 16.8. The molecule has 3 fully saturated rings. The second-order valence-electron chi connectivity index (χ2n) is 9.40. The average molecular weight is 475 g/mol. The Morgan fingerprint density at radius 2 is 1.89 bits per heavy atom. The first-order valence-electron chi connectivity index (χ1n) is 11.7. The number of fused-ring (bicyclic) bond motifs is 2. The quantitative estimate of drug-likeness (QED) is 0.306. The largest absolute Gasteiger partial charge is 0.493 e. The Morgan fingerprint density at radius 3 is 2.57 bits per heavy atom. The molecule has 0 aromatic heterocycles. The number of benzene rings is 2. The molecule has 180 valence electrons. The number of nitrogens with zero attached hydrogens (tertiary/aromatic N) is 1. The molecule has 5 rings (SSSR count). The van der Waals surface area contributed by atoms with Crippen molar-refractivity contribution in [3.63, 3.8) is 0 Å². The summed E-state index contributed by atoms with van der Waals surface area (Å²) in [5, 5.41) is 2.31. The van der Waals surface area contributed by atoms with Crippen molar-refractivity contribution in [2.75, 3.05) is 7.11 Å². The number of hydrogen-bond acceptors (Lipinski definition) is 6. The molecule has 8 nitrogen and oxygen atoms in total. The zero-order valence-corrected chi connectivity index (χ0v) is 19.6. The van der Waals surface area contributed by atoms with Gasteiger partial charge in [-0.05, 0) is 73.9 Å². The Kier molecular flexibility index (Phi) is 5.88. The fraction of sp³-hybridized carbons (Fsp3) is 0.333. The molecule has 1 N–H and O–H groups in total.